The van der Waals surface area contributed by atoms with Gasteiger partial charge in [-0.1, -0.05) is 6.92 Å². The highest BCUT2D eigenvalue weighted by Crippen LogP contribution is 2.22. The van der Waals surface area contributed by atoms with Gasteiger partial charge < -0.3 is 10.1 Å². The number of nitrogens with zero attached hydrogens (tertiary/aromatic N) is 1. The number of thiazole rings is 1. The van der Waals surface area contributed by atoms with Gasteiger partial charge in [0, 0.05) is 23.9 Å². The van der Waals surface area contributed by atoms with Crippen molar-refractivity contribution in [3.63, 3.8) is 0 Å². The SMILES string of the molecule is CCCNC(Cc1nc(C)c(C)s1)C1CCCCO1. The molecule has 0 radical (unpaired) electrons. The Bertz CT molecular complexity index is 366. The van der Waals surface area contributed by atoms with Crippen LogP contribution in [0.2, 0.25) is 0 Å². The van der Waals surface area contributed by atoms with E-state index in [9.17, 15) is 0 Å². The van der Waals surface area contributed by atoms with Gasteiger partial charge in [-0.3, -0.25) is 0 Å². The summed E-state index contributed by atoms with van der Waals surface area (Å²) in [5.74, 6) is 0. The summed E-state index contributed by atoms with van der Waals surface area (Å²) < 4.78 is 5.96. The summed E-state index contributed by atoms with van der Waals surface area (Å²) >= 11 is 1.83. The fourth-order valence-corrected chi connectivity index (χ4v) is 3.55. The largest absolute Gasteiger partial charge is 0.377 e. The van der Waals surface area contributed by atoms with Crippen molar-refractivity contribution in [2.24, 2.45) is 0 Å². The van der Waals surface area contributed by atoms with Crippen LogP contribution in [0.25, 0.3) is 0 Å². The molecule has 1 aromatic heterocycles. The minimum atomic E-state index is 0.366. The quantitative estimate of drug-likeness (QED) is 0.870. The van der Waals surface area contributed by atoms with E-state index in [1.165, 1.54) is 41.3 Å². The second-order valence-corrected chi connectivity index (χ2v) is 6.71. The third-order valence-corrected chi connectivity index (χ3v) is 4.88. The molecule has 0 aliphatic carbocycles. The van der Waals surface area contributed by atoms with Gasteiger partial charge in [-0.15, -0.1) is 11.3 Å². The van der Waals surface area contributed by atoms with Crippen molar-refractivity contribution < 1.29 is 4.74 Å². The molecule has 2 heterocycles. The van der Waals surface area contributed by atoms with E-state index >= 15 is 0 Å². The maximum Gasteiger partial charge on any atom is 0.0947 e. The topological polar surface area (TPSA) is 34.2 Å². The molecule has 1 N–H and O–H groups in total. The summed E-state index contributed by atoms with van der Waals surface area (Å²) in [6.07, 6.45) is 6.23. The Morgan fingerprint density at radius 3 is 2.84 bits per heavy atom. The average Bonchev–Trinajstić information content (AvgIpc) is 2.74. The number of ether oxygens (including phenoxy) is 1. The highest BCUT2D eigenvalue weighted by atomic mass is 32.1. The van der Waals surface area contributed by atoms with Crippen LogP contribution < -0.4 is 5.32 Å². The standard InChI is InChI=1S/C15H26N2OS/c1-4-8-16-13(14-7-5-6-9-18-14)10-15-17-11(2)12(3)19-15/h13-14,16H,4-10H2,1-3H3. The summed E-state index contributed by atoms with van der Waals surface area (Å²) in [5, 5.41) is 4.91. The van der Waals surface area contributed by atoms with Crippen LogP contribution >= 0.6 is 11.3 Å². The Balaban J connectivity index is 1.99. The third kappa shape index (κ3) is 4.26. The van der Waals surface area contributed by atoms with Crippen molar-refractivity contribution >= 4 is 11.3 Å². The van der Waals surface area contributed by atoms with Crippen LogP contribution in [-0.4, -0.2) is 30.3 Å². The fraction of sp³-hybridized carbons (Fsp3) is 0.800. The highest BCUT2D eigenvalue weighted by molar-refractivity contribution is 7.11. The summed E-state index contributed by atoms with van der Waals surface area (Å²) in [4.78, 5) is 6.02. The Morgan fingerprint density at radius 1 is 1.42 bits per heavy atom. The minimum Gasteiger partial charge on any atom is -0.377 e. The van der Waals surface area contributed by atoms with Gasteiger partial charge in [-0.25, -0.2) is 4.98 Å². The first-order valence-corrected chi connectivity index (χ1v) is 8.30. The predicted octanol–water partition coefficient (Wildman–Crippen LogP) is 3.24. The van der Waals surface area contributed by atoms with E-state index < -0.39 is 0 Å². The molecular formula is C15H26N2OS. The molecule has 3 nitrogen and oxygen atoms in total. The van der Waals surface area contributed by atoms with E-state index in [1.807, 2.05) is 11.3 Å². The van der Waals surface area contributed by atoms with Gasteiger partial charge in [0.1, 0.15) is 0 Å². The molecule has 2 unspecified atom stereocenters. The lowest BCUT2D eigenvalue weighted by atomic mass is 9.99. The smallest absolute Gasteiger partial charge is 0.0947 e. The van der Waals surface area contributed by atoms with Gasteiger partial charge in [0.15, 0.2) is 0 Å². The Morgan fingerprint density at radius 2 is 2.26 bits per heavy atom. The van der Waals surface area contributed by atoms with E-state index in [1.54, 1.807) is 0 Å². The molecule has 0 aromatic carbocycles. The minimum absolute atomic E-state index is 0.366. The number of nitrogens with one attached hydrogen (secondary N) is 1. The number of aromatic nitrogens is 1. The molecule has 19 heavy (non-hydrogen) atoms. The molecule has 4 heteroatoms. The predicted molar refractivity (Wildman–Crippen MR) is 81.0 cm³/mol. The first kappa shape index (κ1) is 14.9. The fourth-order valence-electron chi connectivity index (χ4n) is 2.56. The monoisotopic (exact) mass is 282 g/mol. The number of aryl methyl sites for hydroxylation is 2. The summed E-state index contributed by atoms with van der Waals surface area (Å²) in [7, 11) is 0. The van der Waals surface area contributed by atoms with Crippen LogP contribution in [0.5, 0.6) is 0 Å². The number of hydrogen-bond donors (Lipinski definition) is 1. The van der Waals surface area contributed by atoms with Crippen LogP contribution in [0.3, 0.4) is 0 Å². The zero-order chi connectivity index (χ0) is 13.7. The van der Waals surface area contributed by atoms with Gasteiger partial charge in [-0.05, 0) is 46.1 Å². The van der Waals surface area contributed by atoms with Crippen LogP contribution in [0.1, 0.15) is 48.2 Å². The molecule has 0 amide bonds. The van der Waals surface area contributed by atoms with Gasteiger partial charge in [0.25, 0.3) is 0 Å². The van der Waals surface area contributed by atoms with Crippen molar-refractivity contribution in [3.05, 3.63) is 15.6 Å². The van der Waals surface area contributed by atoms with E-state index in [0.717, 1.165) is 19.6 Å². The molecule has 1 aliphatic heterocycles. The molecule has 1 aromatic rings. The third-order valence-electron chi connectivity index (χ3n) is 3.79. The van der Waals surface area contributed by atoms with Crippen molar-refractivity contribution in [2.75, 3.05) is 13.2 Å². The first-order chi connectivity index (χ1) is 9.20. The van der Waals surface area contributed by atoms with Gasteiger partial charge >= 0.3 is 0 Å². The van der Waals surface area contributed by atoms with Crippen molar-refractivity contribution in [1.82, 2.24) is 10.3 Å². The molecule has 1 saturated heterocycles. The molecule has 0 bridgehead atoms. The van der Waals surface area contributed by atoms with E-state index in [-0.39, 0.29) is 0 Å². The Kier molecular flexibility index (Phi) is 5.79. The lowest BCUT2D eigenvalue weighted by Gasteiger charge is -2.30. The number of rotatable bonds is 6. The maximum atomic E-state index is 5.96. The zero-order valence-corrected chi connectivity index (χ0v) is 13.2. The molecule has 0 spiro atoms. The van der Waals surface area contributed by atoms with E-state index in [2.05, 4.69) is 31.1 Å². The summed E-state index contributed by atoms with van der Waals surface area (Å²) in [6, 6.07) is 0.421. The van der Waals surface area contributed by atoms with Gasteiger partial charge in [0.05, 0.1) is 16.8 Å². The van der Waals surface area contributed by atoms with Gasteiger partial charge in [-0.2, -0.15) is 0 Å². The molecule has 1 fully saturated rings. The van der Waals surface area contributed by atoms with Crippen LogP contribution in [0.4, 0.5) is 0 Å². The number of hydrogen-bond acceptors (Lipinski definition) is 4. The van der Waals surface area contributed by atoms with Crippen molar-refractivity contribution in [3.8, 4) is 0 Å². The average molecular weight is 282 g/mol. The van der Waals surface area contributed by atoms with E-state index in [4.69, 9.17) is 4.74 Å². The summed E-state index contributed by atoms with van der Waals surface area (Å²) in [6.45, 7) is 8.45. The Labute approximate surface area is 120 Å². The maximum absolute atomic E-state index is 5.96. The van der Waals surface area contributed by atoms with Gasteiger partial charge in [0.2, 0.25) is 0 Å². The van der Waals surface area contributed by atoms with Crippen molar-refractivity contribution in [2.45, 2.75) is 65.0 Å². The second kappa shape index (κ2) is 7.36. The van der Waals surface area contributed by atoms with Crippen LogP contribution in [0, 0.1) is 13.8 Å². The lowest BCUT2D eigenvalue weighted by Crippen LogP contribution is -2.44. The Hall–Kier alpha value is -0.450. The van der Waals surface area contributed by atoms with Crippen molar-refractivity contribution in [1.29, 1.82) is 0 Å². The van der Waals surface area contributed by atoms with E-state index in [0.29, 0.717) is 12.1 Å². The highest BCUT2D eigenvalue weighted by Gasteiger charge is 2.25. The first-order valence-electron chi connectivity index (χ1n) is 7.48. The molecule has 1 aliphatic rings. The molecule has 2 rings (SSSR count). The summed E-state index contributed by atoms with van der Waals surface area (Å²) in [5.41, 5.74) is 1.18. The molecule has 2 atom stereocenters. The zero-order valence-electron chi connectivity index (χ0n) is 12.4. The van der Waals surface area contributed by atoms with Crippen LogP contribution in [0.15, 0.2) is 0 Å². The molecule has 0 saturated carbocycles. The normalized spacial score (nSPS) is 21.5. The van der Waals surface area contributed by atoms with Crippen LogP contribution in [-0.2, 0) is 11.2 Å². The molecule has 108 valence electrons. The molecular weight excluding hydrogens is 256 g/mol. The lowest BCUT2D eigenvalue weighted by molar-refractivity contribution is -0.00738. The second-order valence-electron chi connectivity index (χ2n) is 5.42.